The molecule has 0 spiro atoms. The molecule has 0 aliphatic heterocycles. The second kappa shape index (κ2) is 7.45. The van der Waals surface area contributed by atoms with Crippen LogP contribution in [-0.2, 0) is 4.74 Å². The van der Waals surface area contributed by atoms with E-state index in [0.29, 0.717) is 16.7 Å². The number of carbonyl (C=O) groups excluding carboxylic acids is 1. The molecule has 0 bridgehead atoms. The first kappa shape index (κ1) is 18.6. The van der Waals surface area contributed by atoms with Crippen molar-refractivity contribution in [3.63, 3.8) is 0 Å². The van der Waals surface area contributed by atoms with Crippen LogP contribution in [0.2, 0.25) is 0 Å². The van der Waals surface area contributed by atoms with Gasteiger partial charge in [-0.25, -0.2) is 4.79 Å². The molecule has 3 heterocycles. The maximum Gasteiger partial charge on any atom is 0.364 e. The molecular formula is C22H16N6O3. The number of hydrogen-bond donors (Lipinski definition) is 1. The van der Waals surface area contributed by atoms with E-state index in [-0.39, 0.29) is 12.3 Å². The van der Waals surface area contributed by atoms with Crippen LogP contribution in [0.1, 0.15) is 17.4 Å². The highest BCUT2D eigenvalue weighted by molar-refractivity contribution is 6.06. The van der Waals surface area contributed by atoms with Crippen molar-refractivity contribution in [3.8, 4) is 22.4 Å². The molecule has 31 heavy (non-hydrogen) atoms. The lowest BCUT2D eigenvalue weighted by atomic mass is 9.97. The van der Waals surface area contributed by atoms with Crippen LogP contribution in [0.15, 0.2) is 65.5 Å². The summed E-state index contributed by atoms with van der Waals surface area (Å²) >= 11 is 0. The number of fused-ring (bicyclic) bond motifs is 3. The predicted octanol–water partition coefficient (Wildman–Crippen LogP) is 2.87. The summed E-state index contributed by atoms with van der Waals surface area (Å²) in [5.41, 5.74) is 2.66. The Hall–Kier alpha value is -4.40. The summed E-state index contributed by atoms with van der Waals surface area (Å²) in [6.45, 7) is 1.77. The Morgan fingerprint density at radius 3 is 2.35 bits per heavy atom. The molecule has 0 aliphatic carbocycles. The number of ether oxygens (including phenoxy) is 1. The van der Waals surface area contributed by atoms with Crippen LogP contribution in [-0.4, -0.2) is 42.6 Å². The predicted molar refractivity (Wildman–Crippen MR) is 114 cm³/mol. The molecule has 0 atom stereocenters. The normalized spacial score (nSPS) is 11.1. The van der Waals surface area contributed by atoms with Crippen LogP contribution >= 0.6 is 0 Å². The van der Waals surface area contributed by atoms with E-state index in [0.717, 1.165) is 21.2 Å². The van der Waals surface area contributed by atoms with E-state index >= 15 is 0 Å². The number of H-pyrrole nitrogens is 1. The molecular weight excluding hydrogens is 396 g/mol. The van der Waals surface area contributed by atoms with Crippen molar-refractivity contribution in [2.45, 2.75) is 6.92 Å². The number of carbonyl (C=O) groups is 1. The van der Waals surface area contributed by atoms with Gasteiger partial charge in [-0.1, -0.05) is 60.7 Å². The quantitative estimate of drug-likeness (QED) is 0.451. The van der Waals surface area contributed by atoms with E-state index in [2.05, 4.69) is 25.5 Å². The highest BCUT2D eigenvalue weighted by atomic mass is 16.5. The van der Waals surface area contributed by atoms with E-state index in [1.54, 1.807) is 6.92 Å². The van der Waals surface area contributed by atoms with Crippen LogP contribution in [0.5, 0.6) is 0 Å². The van der Waals surface area contributed by atoms with Crippen molar-refractivity contribution in [1.29, 1.82) is 0 Å². The zero-order valence-corrected chi connectivity index (χ0v) is 16.4. The average Bonchev–Trinajstić information content (AvgIpc) is 3.20. The summed E-state index contributed by atoms with van der Waals surface area (Å²) in [5.74, 6) is -0.836. The maximum atomic E-state index is 12.9. The fraction of sp³-hybridized carbons (Fsp3) is 0.0909. The Bertz CT molecular complexity index is 1480. The number of nitrogens with one attached hydrogen (secondary N) is 1. The minimum absolute atomic E-state index is 0.120. The number of hydrogen-bond acceptors (Lipinski definition) is 7. The number of aromatic nitrogens is 6. The molecule has 2 aromatic carbocycles. The molecule has 9 heteroatoms. The minimum Gasteiger partial charge on any atom is -0.461 e. The van der Waals surface area contributed by atoms with Crippen molar-refractivity contribution in [3.05, 3.63) is 76.7 Å². The molecule has 0 aliphatic rings. The van der Waals surface area contributed by atoms with E-state index in [1.165, 1.54) is 0 Å². The molecule has 152 valence electrons. The molecule has 0 saturated carbocycles. The monoisotopic (exact) mass is 412 g/mol. The number of rotatable bonds is 4. The highest BCUT2D eigenvalue weighted by Gasteiger charge is 2.24. The lowest BCUT2D eigenvalue weighted by Gasteiger charge is -2.10. The van der Waals surface area contributed by atoms with Gasteiger partial charge in [-0.3, -0.25) is 9.89 Å². The summed E-state index contributed by atoms with van der Waals surface area (Å²) < 4.78 is 5.96. The van der Waals surface area contributed by atoms with Gasteiger partial charge in [0.25, 0.3) is 0 Å². The number of benzene rings is 2. The minimum atomic E-state index is -0.836. The lowest BCUT2D eigenvalue weighted by Crippen LogP contribution is -2.26. The molecule has 0 radical (unpaired) electrons. The van der Waals surface area contributed by atoms with Gasteiger partial charge < -0.3 is 4.74 Å². The SMILES string of the molecule is CCOC(=O)c1nnc2c3c(-c4ccccc4)c(-c4ccccc4)n[nH]c3nn2c1=O. The molecule has 3 aromatic heterocycles. The van der Waals surface area contributed by atoms with Gasteiger partial charge in [-0.2, -0.15) is 9.61 Å². The number of esters is 1. The molecule has 0 unspecified atom stereocenters. The smallest absolute Gasteiger partial charge is 0.364 e. The van der Waals surface area contributed by atoms with Gasteiger partial charge in [0.1, 0.15) is 0 Å². The standard InChI is InChI=1S/C22H16N6O3/c1-2-31-22(30)18-21(29)28-20(26-24-18)16-15(13-9-5-3-6-10-13)17(23-25-19(16)27-28)14-11-7-4-8-12-14/h3-12H,2H2,1H3,(H,25,27). The Morgan fingerprint density at radius 2 is 1.68 bits per heavy atom. The average molecular weight is 412 g/mol. The summed E-state index contributed by atoms with van der Waals surface area (Å²) in [6.07, 6.45) is 0. The zero-order chi connectivity index (χ0) is 21.4. The van der Waals surface area contributed by atoms with Crippen molar-refractivity contribution < 1.29 is 9.53 Å². The van der Waals surface area contributed by atoms with Gasteiger partial charge in [-0.15, -0.1) is 15.3 Å². The molecule has 0 amide bonds. The highest BCUT2D eigenvalue weighted by Crippen LogP contribution is 2.36. The van der Waals surface area contributed by atoms with E-state index < -0.39 is 17.2 Å². The Balaban J connectivity index is 1.88. The number of nitrogens with zero attached hydrogens (tertiary/aromatic N) is 5. The van der Waals surface area contributed by atoms with Crippen molar-refractivity contribution in [1.82, 2.24) is 30.0 Å². The molecule has 9 nitrogen and oxygen atoms in total. The fourth-order valence-electron chi connectivity index (χ4n) is 3.49. The van der Waals surface area contributed by atoms with E-state index in [1.807, 2.05) is 60.7 Å². The van der Waals surface area contributed by atoms with Crippen LogP contribution in [0.25, 0.3) is 39.1 Å². The van der Waals surface area contributed by atoms with Gasteiger partial charge in [0.15, 0.2) is 11.3 Å². The second-order valence-electron chi connectivity index (χ2n) is 6.71. The van der Waals surface area contributed by atoms with Gasteiger partial charge in [0.2, 0.25) is 5.69 Å². The molecule has 1 N–H and O–H groups in total. The lowest BCUT2D eigenvalue weighted by molar-refractivity contribution is 0.0515. The van der Waals surface area contributed by atoms with Crippen molar-refractivity contribution in [2.75, 3.05) is 6.61 Å². The van der Waals surface area contributed by atoms with Crippen LogP contribution < -0.4 is 5.56 Å². The Kier molecular flexibility index (Phi) is 4.47. The first-order valence-electron chi connectivity index (χ1n) is 9.64. The van der Waals surface area contributed by atoms with Crippen molar-refractivity contribution in [2.24, 2.45) is 0 Å². The van der Waals surface area contributed by atoms with Gasteiger partial charge >= 0.3 is 11.5 Å². The summed E-state index contributed by atoms with van der Waals surface area (Å²) in [4.78, 5) is 24.9. The third kappa shape index (κ3) is 3.03. The van der Waals surface area contributed by atoms with E-state index in [4.69, 9.17) is 4.74 Å². The van der Waals surface area contributed by atoms with E-state index in [9.17, 15) is 9.59 Å². The summed E-state index contributed by atoms with van der Waals surface area (Å²) in [7, 11) is 0. The Labute approximate surface area is 175 Å². The summed E-state index contributed by atoms with van der Waals surface area (Å²) in [6, 6.07) is 19.3. The topological polar surface area (TPSA) is 115 Å². The first-order chi connectivity index (χ1) is 15.2. The molecule has 0 fully saturated rings. The Morgan fingerprint density at radius 1 is 1.00 bits per heavy atom. The molecule has 5 rings (SSSR count). The van der Waals surface area contributed by atoms with Gasteiger partial charge in [-0.05, 0) is 12.5 Å². The van der Waals surface area contributed by atoms with Crippen LogP contribution in [0.3, 0.4) is 0 Å². The fourth-order valence-corrected chi connectivity index (χ4v) is 3.49. The second-order valence-corrected chi connectivity index (χ2v) is 6.71. The van der Waals surface area contributed by atoms with Gasteiger partial charge in [0.05, 0.1) is 17.7 Å². The summed E-state index contributed by atoms with van der Waals surface area (Å²) in [5, 5.41) is 20.3. The van der Waals surface area contributed by atoms with Gasteiger partial charge in [0, 0.05) is 11.1 Å². The van der Waals surface area contributed by atoms with Crippen LogP contribution in [0.4, 0.5) is 0 Å². The maximum absolute atomic E-state index is 12.9. The largest absolute Gasteiger partial charge is 0.461 e. The third-order valence-corrected chi connectivity index (χ3v) is 4.84. The molecule has 5 aromatic rings. The zero-order valence-electron chi connectivity index (χ0n) is 16.4. The van der Waals surface area contributed by atoms with Crippen molar-refractivity contribution >= 4 is 22.6 Å². The molecule has 0 saturated heterocycles. The first-order valence-corrected chi connectivity index (χ1v) is 9.64. The van der Waals surface area contributed by atoms with Crippen LogP contribution in [0, 0.1) is 0 Å². The number of aromatic amines is 1. The third-order valence-electron chi connectivity index (χ3n) is 4.84.